The number of nitrogens with zero attached hydrogens (tertiary/aromatic N) is 1. The molecule has 0 aromatic rings. The number of hydrogen-bond acceptors (Lipinski definition) is 3. The number of thioether (sulfide) groups is 1. The van der Waals surface area contributed by atoms with Gasteiger partial charge in [-0.05, 0) is 6.92 Å². The van der Waals surface area contributed by atoms with Crippen molar-refractivity contribution in [1.82, 2.24) is 0 Å². The van der Waals surface area contributed by atoms with Gasteiger partial charge in [-0.1, -0.05) is 13.8 Å². The lowest BCUT2D eigenvalue weighted by Crippen LogP contribution is -2.15. The molecule has 0 saturated carbocycles. The summed E-state index contributed by atoms with van der Waals surface area (Å²) in [6.07, 6.45) is 0. The zero-order valence-electron chi connectivity index (χ0n) is 8.86. The molecule has 14 heavy (non-hydrogen) atoms. The number of carbonyl (C=O) groups is 1. The van der Waals surface area contributed by atoms with Gasteiger partial charge in [-0.25, -0.2) is 0 Å². The molecule has 0 radical (unpaired) electrons. The van der Waals surface area contributed by atoms with Crippen molar-refractivity contribution in [2.24, 2.45) is 16.6 Å². The van der Waals surface area contributed by atoms with Crippen LogP contribution in [0.2, 0.25) is 0 Å². The molecule has 0 aliphatic heterocycles. The number of aliphatic imine (C=N–C) groups is 1. The third kappa shape index (κ3) is 6.77. The molecule has 0 spiro atoms. The second-order valence-electron chi connectivity index (χ2n) is 3.37. The van der Waals surface area contributed by atoms with Gasteiger partial charge in [0.05, 0.1) is 18.3 Å². The Kier molecular flexibility index (Phi) is 6.36. The van der Waals surface area contributed by atoms with Crippen molar-refractivity contribution < 1.29 is 9.90 Å². The predicted octanol–water partition coefficient (Wildman–Crippen LogP) is 1.21. The molecule has 0 rings (SSSR count). The number of nitrogens with two attached hydrogens (primary N) is 1. The first kappa shape index (κ1) is 13.3. The number of carboxylic acid groups (broad SMARTS) is 1. The SMILES string of the molecule is CC(N)=NC[C@@H](C)SC[C@@H](C)C(=O)O. The lowest BCUT2D eigenvalue weighted by atomic mass is 10.2. The van der Waals surface area contributed by atoms with E-state index < -0.39 is 5.97 Å². The summed E-state index contributed by atoms with van der Waals surface area (Å²) in [4.78, 5) is 14.6. The highest BCUT2D eigenvalue weighted by atomic mass is 32.2. The van der Waals surface area contributed by atoms with Crippen LogP contribution in [0.15, 0.2) is 4.99 Å². The van der Waals surface area contributed by atoms with E-state index in [1.165, 1.54) is 0 Å². The largest absolute Gasteiger partial charge is 0.481 e. The van der Waals surface area contributed by atoms with Crippen molar-refractivity contribution in [3.8, 4) is 0 Å². The molecule has 82 valence electrons. The van der Waals surface area contributed by atoms with E-state index in [0.29, 0.717) is 23.4 Å². The Morgan fingerprint density at radius 3 is 2.57 bits per heavy atom. The van der Waals surface area contributed by atoms with Crippen LogP contribution < -0.4 is 5.73 Å². The average Bonchev–Trinajstić information content (AvgIpc) is 2.10. The summed E-state index contributed by atoms with van der Waals surface area (Å²) in [5.74, 6) is 0.146. The molecule has 0 aliphatic carbocycles. The van der Waals surface area contributed by atoms with Crippen LogP contribution in [0.25, 0.3) is 0 Å². The van der Waals surface area contributed by atoms with E-state index in [9.17, 15) is 4.79 Å². The number of hydrogen-bond donors (Lipinski definition) is 2. The van der Waals surface area contributed by atoms with Gasteiger partial charge in [-0.3, -0.25) is 9.79 Å². The van der Waals surface area contributed by atoms with Crippen molar-refractivity contribution in [1.29, 1.82) is 0 Å². The van der Waals surface area contributed by atoms with Crippen molar-refractivity contribution in [3.63, 3.8) is 0 Å². The fourth-order valence-corrected chi connectivity index (χ4v) is 1.64. The third-order valence-electron chi connectivity index (χ3n) is 1.65. The minimum Gasteiger partial charge on any atom is -0.481 e. The Labute approximate surface area is 89.0 Å². The summed E-state index contributed by atoms with van der Waals surface area (Å²) in [5, 5.41) is 8.97. The van der Waals surface area contributed by atoms with Crippen molar-refractivity contribution >= 4 is 23.6 Å². The van der Waals surface area contributed by atoms with Crippen LogP contribution >= 0.6 is 11.8 Å². The van der Waals surface area contributed by atoms with Crippen LogP contribution in [-0.2, 0) is 4.79 Å². The Balaban J connectivity index is 3.69. The molecule has 3 N–H and O–H groups in total. The first-order valence-electron chi connectivity index (χ1n) is 4.54. The maximum absolute atomic E-state index is 10.5. The van der Waals surface area contributed by atoms with E-state index in [-0.39, 0.29) is 5.92 Å². The van der Waals surface area contributed by atoms with Gasteiger partial charge in [0.25, 0.3) is 0 Å². The van der Waals surface area contributed by atoms with Crippen LogP contribution in [0.1, 0.15) is 20.8 Å². The number of rotatable bonds is 6. The zero-order chi connectivity index (χ0) is 11.1. The Morgan fingerprint density at radius 1 is 1.57 bits per heavy atom. The van der Waals surface area contributed by atoms with Crippen LogP contribution in [0, 0.1) is 5.92 Å². The highest BCUT2D eigenvalue weighted by molar-refractivity contribution is 7.99. The smallest absolute Gasteiger partial charge is 0.307 e. The van der Waals surface area contributed by atoms with Gasteiger partial charge < -0.3 is 10.8 Å². The molecule has 0 aromatic carbocycles. The highest BCUT2D eigenvalue weighted by Crippen LogP contribution is 2.15. The summed E-state index contributed by atoms with van der Waals surface area (Å²) < 4.78 is 0. The molecule has 5 heteroatoms. The molecule has 4 nitrogen and oxygen atoms in total. The fourth-order valence-electron chi connectivity index (χ4n) is 0.705. The second-order valence-corrected chi connectivity index (χ2v) is 4.84. The topological polar surface area (TPSA) is 75.7 Å². The number of aliphatic carboxylic acids is 1. The summed E-state index contributed by atoms with van der Waals surface area (Å²) in [7, 11) is 0. The molecule has 0 fully saturated rings. The lowest BCUT2D eigenvalue weighted by molar-refractivity contribution is -0.140. The van der Waals surface area contributed by atoms with Crippen molar-refractivity contribution in [2.45, 2.75) is 26.0 Å². The van der Waals surface area contributed by atoms with Gasteiger partial charge in [0.1, 0.15) is 0 Å². The van der Waals surface area contributed by atoms with Crippen molar-refractivity contribution in [3.05, 3.63) is 0 Å². The number of carboxylic acids is 1. The van der Waals surface area contributed by atoms with Gasteiger partial charge in [-0.2, -0.15) is 11.8 Å². The van der Waals surface area contributed by atoms with Gasteiger partial charge in [0, 0.05) is 11.0 Å². The van der Waals surface area contributed by atoms with Crippen LogP contribution in [0.4, 0.5) is 0 Å². The van der Waals surface area contributed by atoms with Gasteiger partial charge in [-0.15, -0.1) is 0 Å². The minimum absolute atomic E-state index is 0.301. The quantitative estimate of drug-likeness (QED) is 0.519. The average molecular weight is 218 g/mol. The van der Waals surface area contributed by atoms with Gasteiger partial charge in [0.15, 0.2) is 0 Å². The maximum Gasteiger partial charge on any atom is 0.307 e. The minimum atomic E-state index is -0.747. The molecular formula is C9H18N2O2S. The molecule has 0 aliphatic rings. The zero-order valence-corrected chi connectivity index (χ0v) is 9.67. The van der Waals surface area contributed by atoms with Crippen LogP contribution in [0.5, 0.6) is 0 Å². The van der Waals surface area contributed by atoms with Crippen molar-refractivity contribution in [2.75, 3.05) is 12.3 Å². The van der Waals surface area contributed by atoms with E-state index in [2.05, 4.69) is 4.99 Å². The standard InChI is InChI=1S/C9H18N2O2S/c1-6(9(12)13)5-14-7(2)4-11-8(3)10/h6-7H,4-5H2,1-3H3,(H2,10,11)(H,12,13)/t6-,7-/m1/s1. The Hall–Kier alpha value is -0.710. The highest BCUT2D eigenvalue weighted by Gasteiger charge is 2.12. The molecule has 0 aromatic heterocycles. The Bertz CT molecular complexity index is 215. The summed E-state index contributed by atoms with van der Waals surface area (Å²) in [5.41, 5.74) is 5.39. The number of amidine groups is 1. The fraction of sp³-hybridized carbons (Fsp3) is 0.778. The van der Waals surface area contributed by atoms with Crippen LogP contribution in [0.3, 0.4) is 0 Å². The summed E-state index contributed by atoms with van der Waals surface area (Å²) in [6, 6.07) is 0. The first-order chi connectivity index (χ1) is 6.43. The Morgan fingerprint density at radius 2 is 2.14 bits per heavy atom. The monoisotopic (exact) mass is 218 g/mol. The normalized spacial score (nSPS) is 16.4. The molecule has 0 saturated heterocycles. The van der Waals surface area contributed by atoms with E-state index in [1.807, 2.05) is 6.92 Å². The van der Waals surface area contributed by atoms with Crippen LogP contribution in [-0.4, -0.2) is 34.5 Å². The molecule has 0 bridgehead atoms. The first-order valence-corrected chi connectivity index (χ1v) is 5.59. The summed E-state index contributed by atoms with van der Waals surface area (Å²) in [6.45, 7) is 6.13. The predicted molar refractivity (Wildman–Crippen MR) is 60.9 cm³/mol. The van der Waals surface area contributed by atoms with Gasteiger partial charge in [0.2, 0.25) is 0 Å². The molecule has 2 atom stereocenters. The molecule has 0 unspecified atom stereocenters. The third-order valence-corrected chi connectivity index (χ3v) is 3.06. The molecular weight excluding hydrogens is 200 g/mol. The molecule has 0 amide bonds. The van der Waals surface area contributed by atoms with E-state index >= 15 is 0 Å². The lowest BCUT2D eigenvalue weighted by Gasteiger charge is -2.10. The van der Waals surface area contributed by atoms with E-state index in [4.69, 9.17) is 10.8 Å². The van der Waals surface area contributed by atoms with E-state index in [1.54, 1.807) is 25.6 Å². The summed E-state index contributed by atoms with van der Waals surface area (Å²) >= 11 is 1.61. The maximum atomic E-state index is 10.5. The second kappa shape index (κ2) is 6.70. The van der Waals surface area contributed by atoms with E-state index in [0.717, 1.165) is 0 Å². The molecule has 0 heterocycles. The van der Waals surface area contributed by atoms with Gasteiger partial charge >= 0.3 is 5.97 Å².